The van der Waals surface area contributed by atoms with Crippen LogP contribution in [0.5, 0.6) is 0 Å². The van der Waals surface area contributed by atoms with Gasteiger partial charge in [-0.3, -0.25) is 4.90 Å². The van der Waals surface area contributed by atoms with Gasteiger partial charge in [0.25, 0.3) is 0 Å². The molecule has 0 saturated heterocycles. The SMILES string of the molecule is CCCCCN(C(O)CCCC)C(O)CCCC. The number of rotatable bonds is 12. The zero-order chi connectivity index (χ0) is 13.8. The van der Waals surface area contributed by atoms with Crippen LogP contribution < -0.4 is 0 Å². The first-order valence-corrected chi connectivity index (χ1v) is 7.79. The standard InChI is InChI=1S/C15H33NO2/c1-4-7-10-13-16(14(17)11-8-5-2)15(18)12-9-6-3/h14-15,17-18H,4-13H2,1-3H3. The normalized spacial score (nSPS) is 15.0. The van der Waals surface area contributed by atoms with Crippen LogP contribution in [0.3, 0.4) is 0 Å². The molecule has 0 aliphatic rings. The smallest absolute Gasteiger partial charge is 0.109 e. The summed E-state index contributed by atoms with van der Waals surface area (Å²) < 4.78 is 0. The van der Waals surface area contributed by atoms with Crippen LogP contribution in [-0.4, -0.2) is 34.1 Å². The zero-order valence-corrected chi connectivity index (χ0v) is 12.6. The van der Waals surface area contributed by atoms with Gasteiger partial charge in [0.15, 0.2) is 0 Å². The predicted octanol–water partition coefficient (Wildman–Crippen LogP) is 3.50. The molecule has 2 N–H and O–H groups in total. The first kappa shape index (κ1) is 17.9. The molecule has 0 aliphatic carbocycles. The Hall–Kier alpha value is -0.120. The van der Waals surface area contributed by atoms with Gasteiger partial charge in [-0.1, -0.05) is 46.5 Å². The number of aliphatic hydroxyl groups excluding tert-OH is 2. The lowest BCUT2D eigenvalue weighted by molar-refractivity contribution is -0.109. The summed E-state index contributed by atoms with van der Waals surface area (Å²) in [7, 11) is 0. The number of hydrogen-bond acceptors (Lipinski definition) is 3. The maximum Gasteiger partial charge on any atom is 0.109 e. The van der Waals surface area contributed by atoms with Crippen molar-refractivity contribution in [3.05, 3.63) is 0 Å². The molecule has 18 heavy (non-hydrogen) atoms. The Morgan fingerprint density at radius 1 is 0.722 bits per heavy atom. The largest absolute Gasteiger partial charge is 0.378 e. The molecule has 0 fully saturated rings. The van der Waals surface area contributed by atoms with Crippen molar-refractivity contribution >= 4 is 0 Å². The highest BCUT2D eigenvalue weighted by Gasteiger charge is 2.21. The van der Waals surface area contributed by atoms with Gasteiger partial charge in [0.1, 0.15) is 12.5 Å². The van der Waals surface area contributed by atoms with Gasteiger partial charge in [-0.2, -0.15) is 0 Å². The molecule has 0 saturated carbocycles. The Kier molecular flexibility index (Phi) is 11.9. The maximum absolute atomic E-state index is 10.2. The predicted molar refractivity (Wildman–Crippen MR) is 77.3 cm³/mol. The van der Waals surface area contributed by atoms with E-state index in [-0.39, 0.29) is 0 Å². The highest BCUT2D eigenvalue weighted by atomic mass is 16.3. The van der Waals surface area contributed by atoms with Crippen molar-refractivity contribution in [1.82, 2.24) is 4.90 Å². The lowest BCUT2D eigenvalue weighted by Gasteiger charge is -2.32. The minimum atomic E-state index is -0.478. The molecule has 2 atom stereocenters. The fourth-order valence-electron chi connectivity index (χ4n) is 2.15. The summed E-state index contributed by atoms with van der Waals surface area (Å²) in [5, 5.41) is 20.4. The average molecular weight is 259 g/mol. The summed E-state index contributed by atoms with van der Waals surface area (Å²) in [5.41, 5.74) is 0. The topological polar surface area (TPSA) is 43.7 Å². The number of nitrogens with zero attached hydrogens (tertiary/aromatic N) is 1. The number of hydrogen-bond donors (Lipinski definition) is 2. The van der Waals surface area contributed by atoms with Crippen molar-refractivity contribution in [1.29, 1.82) is 0 Å². The first-order valence-electron chi connectivity index (χ1n) is 7.79. The van der Waals surface area contributed by atoms with Gasteiger partial charge in [-0.05, 0) is 32.1 Å². The minimum absolute atomic E-state index is 0.478. The monoisotopic (exact) mass is 259 g/mol. The van der Waals surface area contributed by atoms with Gasteiger partial charge >= 0.3 is 0 Å². The fourth-order valence-corrected chi connectivity index (χ4v) is 2.15. The van der Waals surface area contributed by atoms with Gasteiger partial charge in [0, 0.05) is 6.54 Å². The van der Waals surface area contributed by atoms with Gasteiger partial charge in [-0.25, -0.2) is 0 Å². The van der Waals surface area contributed by atoms with Crippen LogP contribution >= 0.6 is 0 Å². The Morgan fingerprint density at radius 2 is 1.17 bits per heavy atom. The molecule has 0 rings (SSSR count). The van der Waals surface area contributed by atoms with Crippen molar-refractivity contribution in [2.45, 2.75) is 91.0 Å². The summed E-state index contributed by atoms with van der Waals surface area (Å²) >= 11 is 0. The van der Waals surface area contributed by atoms with E-state index in [0.29, 0.717) is 0 Å². The van der Waals surface area contributed by atoms with E-state index in [2.05, 4.69) is 20.8 Å². The van der Waals surface area contributed by atoms with E-state index in [1.165, 1.54) is 6.42 Å². The van der Waals surface area contributed by atoms with Crippen molar-refractivity contribution in [3.63, 3.8) is 0 Å². The molecule has 2 unspecified atom stereocenters. The highest BCUT2D eigenvalue weighted by Crippen LogP contribution is 2.15. The first-order chi connectivity index (χ1) is 8.67. The third-order valence-corrected chi connectivity index (χ3v) is 3.42. The van der Waals surface area contributed by atoms with Crippen LogP contribution in [-0.2, 0) is 0 Å². The van der Waals surface area contributed by atoms with Crippen LogP contribution in [0.15, 0.2) is 0 Å². The molecule has 0 aliphatic heterocycles. The Morgan fingerprint density at radius 3 is 1.56 bits per heavy atom. The zero-order valence-electron chi connectivity index (χ0n) is 12.6. The molecule has 0 bridgehead atoms. The second-order valence-electron chi connectivity index (χ2n) is 5.19. The summed E-state index contributed by atoms with van der Waals surface area (Å²) in [6, 6.07) is 0. The fraction of sp³-hybridized carbons (Fsp3) is 1.00. The lowest BCUT2D eigenvalue weighted by Crippen LogP contribution is -2.43. The van der Waals surface area contributed by atoms with E-state index in [4.69, 9.17) is 0 Å². The number of aliphatic hydroxyl groups is 2. The van der Waals surface area contributed by atoms with Crippen molar-refractivity contribution in [2.75, 3.05) is 6.54 Å². The van der Waals surface area contributed by atoms with E-state index >= 15 is 0 Å². The van der Waals surface area contributed by atoms with Crippen molar-refractivity contribution < 1.29 is 10.2 Å². The quantitative estimate of drug-likeness (QED) is 0.416. The minimum Gasteiger partial charge on any atom is -0.378 e. The molecule has 110 valence electrons. The molecule has 0 aromatic rings. The molecule has 0 aromatic carbocycles. The second kappa shape index (κ2) is 11.9. The van der Waals surface area contributed by atoms with Crippen LogP contribution in [0.25, 0.3) is 0 Å². The molecular formula is C15H33NO2. The summed E-state index contributed by atoms with van der Waals surface area (Å²) in [6.45, 7) is 7.23. The molecule has 0 spiro atoms. The molecule has 3 nitrogen and oxygen atoms in total. The van der Waals surface area contributed by atoms with Gasteiger partial charge in [0.2, 0.25) is 0 Å². The summed E-state index contributed by atoms with van der Waals surface area (Å²) in [4.78, 5) is 1.89. The molecule has 0 amide bonds. The molecule has 0 radical (unpaired) electrons. The molecular weight excluding hydrogens is 226 g/mol. The van der Waals surface area contributed by atoms with Gasteiger partial charge in [-0.15, -0.1) is 0 Å². The Labute approximate surface area is 113 Å². The Bertz CT molecular complexity index is 162. The maximum atomic E-state index is 10.2. The highest BCUT2D eigenvalue weighted by molar-refractivity contribution is 4.66. The van der Waals surface area contributed by atoms with E-state index in [9.17, 15) is 10.2 Å². The number of unbranched alkanes of at least 4 members (excludes halogenated alkanes) is 4. The van der Waals surface area contributed by atoms with Crippen molar-refractivity contribution in [3.8, 4) is 0 Å². The third kappa shape index (κ3) is 8.06. The molecule has 0 aromatic heterocycles. The average Bonchev–Trinajstić information content (AvgIpc) is 2.38. The molecule has 0 heterocycles. The second-order valence-corrected chi connectivity index (χ2v) is 5.19. The van der Waals surface area contributed by atoms with E-state index in [1.54, 1.807) is 0 Å². The van der Waals surface area contributed by atoms with Crippen molar-refractivity contribution in [2.24, 2.45) is 0 Å². The van der Waals surface area contributed by atoms with Crippen LogP contribution in [0.1, 0.15) is 78.6 Å². The van der Waals surface area contributed by atoms with E-state index < -0.39 is 12.5 Å². The molecule has 3 heteroatoms. The van der Waals surface area contributed by atoms with Gasteiger partial charge in [0.05, 0.1) is 0 Å². The third-order valence-electron chi connectivity index (χ3n) is 3.42. The van der Waals surface area contributed by atoms with E-state index in [1.807, 2.05) is 4.90 Å². The Balaban J connectivity index is 4.20. The summed E-state index contributed by atoms with van der Waals surface area (Å²) in [6.07, 6.45) is 8.19. The van der Waals surface area contributed by atoms with Crippen LogP contribution in [0, 0.1) is 0 Å². The van der Waals surface area contributed by atoms with Crippen LogP contribution in [0.4, 0.5) is 0 Å². The van der Waals surface area contributed by atoms with E-state index in [0.717, 1.165) is 57.9 Å². The summed E-state index contributed by atoms with van der Waals surface area (Å²) in [5.74, 6) is 0. The van der Waals surface area contributed by atoms with Gasteiger partial charge < -0.3 is 10.2 Å². The van der Waals surface area contributed by atoms with Crippen LogP contribution in [0.2, 0.25) is 0 Å². The lowest BCUT2D eigenvalue weighted by atomic mass is 10.1.